The van der Waals surface area contributed by atoms with Crippen LogP contribution in [0.4, 0.5) is 32.0 Å². The van der Waals surface area contributed by atoms with Crippen LogP contribution in [0, 0.1) is 0 Å². The van der Waals surface area contributed by atoms with Crippen molar-refractivity contribution in [3.63, 3.8) is 0 Å². The normalized spacial score (nSPS) is 17.3. The minimum absolute atomic E-state index is 0.0782. The summed E-state index contributed by atoms with van der Waals surface area (Å²) in [5, 5.41) is 14.2. The number of rotatable bonds is 4. The number of pyridine rings is 2. The lowest BCUT2D eigenvalue weighted by molar-refractivity contribution is -0.193. The number of aromatic nitrogens is 2. The molecule has 2 aromatic heterocycles. The molecule has 9 nitrogen and oxygen atoms in total. The van der Waals surface area contributed by atoms with Gasteiger partial charge in [0.15, 0.2) is 0 Å². The number of likely N-dealkylation sites (tertiary alicyclic amines) is 1. The summed E-state index contributed by atoms with van der Waals surface area (Å²) < 4.78 is 63.5. The fourth-order valence-corrected chi connectivity index (χ4v) is 4.73. The van der Waals surface area contributed by atoms with Gasteiger partial charge in [-0.3, -0.25) is 14.8 Å². The van der Waals surface area contributed by atoms with E-state index >= 15 is 0 Å². The quantitative estimate of drug-likeness (QED) is 0.414. The van der Waals surface area contributed by atoms with Gasteiger partial charge in [-0.15, -0.1) is 0 Å². The van der Waals surface area contributed by atoms with Crippen LogP contribution in [0.25, 0.3) is 0 Å². The molecule has 0 radical (unpaired) electrons. The number of nitrogens with zero attached hydrogens (tertiary/aromatic N) is 4. The van der Waals surface area contributed by atoms with Gasteiger partial charge in [-0.25, -0.2) is 9.59 Å². The third kappa shape index (κ3) is 8.90. The topological polar surface area (TPSA) is 124 Å². The average molecular weight is 613 g/mol. The number of hydrogen-bond acceptors (Lipinski definition) is 6. The fourth-order valence-electron chi connectivity index (χ4n) is 4.73. The minimum Gasteiger partial charge on any atom is -0.475 e. The Morgan fingerprint density at radius 2 is 1.40 bits per heavy atom. The van der Waals surface area contributed by atoms with Crippen molar-refractivity contribution < 1.29 is 50.9 Å². The van der Waals surface area contributed by atoms with Crippen LogP contribution in [0.5, 0.6) is 0 Å². The van der Waals surface area contributed by atoms with E-state index in [4.69, 9.17) is 24.8 Å². The van der Waals surface area contributed by atoms with Gasteiger partial charge < -0.3 is 20.0 Å². The SMILES string of the molecule is O=C(Cc1ccccc1)N1CCC2(C1)CN(Cc1cccnc1)c1cccnc12.O=C(O)C(F)(F)F.O=C(O)C(F)(F)F. The predicted molar refractivity (Wildman–Crippen MR) is 140 cm³/mol. The molecule has 5 rings (SSSR count). The zero-order valence-corrected chi connectivity index (χ0v) is 22.3. The smallest absolute Gasteiger partial charge is 0.475 e. The zero-order valence-electron chi connectivity index (χ0n) is 22.3. The van der Waals surface area contributed by atoms with Gasteiger partial charge >= 0.3 is 24.3 Å². The van der Waals surface area contributed by atoms with Gasteiger partial charge in [-0.2, -0.15) is 26.3 Å². The molecule has 0 saturated carbocycles. The van der Waals surface area contributed by atoms with Crippen LogP contribution in [-0.4, -0.2) is 74.9 Å². The Labute approximate surface area is 241 Å². The number of anilines is 1. The number of carboxylic acid groups (broad SMARTS) is 2. The number of fused-ring (bicyclic) bond motifs is 2. The van der Waals surface area contributed by atoms with Crippen molar-refractivity contribution in [3.8, 4) is 0 Å². The van der Waals surface area contributed by atoms with Crippen molar-refractivity contribution in [3.05, 3.63) is 90.0 Å². The maximum absolute atomic E-state index is 12.9. The molecule has 0 aliphatic carbocycles. The molecule has 15 heteroatoms. The van der Waals surface area contributed by atoms with Crippen LogP contribution in [-0.2, 0) is 32.8 Å². The second-order valence-electron chi connectivity index (χ2n) is 9.70. The van der Waals surface area contributed by atoms with Gasteiger partial charge in [0.2, 0.25) is 5.91 Å². The van der Waals surface area contributed by atoms with Crippen molar-refractivity contribution in [2.24, 2.45) is 0 Å². The summed E-state index contributed by atoms with van der Waals surface area (Å²) in [6.45, 7) is 3.24. The van der Waals surface area contributed by atoms with Crippen LogP contribution < -0.4 is 4.90 Å². The first-order chi connectivity index (χ1) is 20.1. The first-order valence-corrected chi connectivity index (χ1v) is 12.6. The predicted octanol–water partition coefficient (Wildman–Crippen LogP) is 4.48. The van der Waals surface area contributed by atoms with Crippen LogP contribution in [0.15, 0.2) is 73.2 Å². The molecule has 1 spiro atoms. The standard InChI is InChI=1S/C24H24N4O.2C2HF3O2/c29-22(14-19-6-2-1-3-7-19)27-13-10-24(17-27)18-28(16-20-8-4-11-25-15-20)21-9-5-12-26-23(21)24;2*3-2(4,5)1(6)7/h1-9,11-12,15H,10,13-14,16-18H2;2*(H,6,7). The molecule has 1 fully saturated rings. The number of hydrogen-bond donors (Lipinski definition) is 2. The molecule has 2 N–H and O–H groups in total. The van der Waals surface area contributed by atoms with Crippen molar-refractivity contribution in [1.82, 2.24) is 14.9 Å². The molecule has 1 saturated heterocycles. The monoisotopic (exact) mass is 612 g/mol. The molecule has 230 valence electrons. The highest BCUT2D eigenvalue weighted by molar-refractivity contribution is 5.79. The van der Waals surface area contributed by atoms with E-state index in [1.54, 1.807) is 6.20 Å². The number of benzene rings is 1. The fraction of sp³-hybridized carbons (Fsp3) is 0.321. The van der Waals surface area contributed by atoms with Gasteiger partial charge in [0.1, 0.15) is 0 Å². The average Bonchev–Trinajstić information content (AvgIpc) is 3.51. The summed E-state index contributed by atoms with van der Waals surface area (Å²) in [5.41, 5.74) is 4.51. The van der Waals surface area contributed by atoms with Crippen LogP contribution in [0.1, 0.15) is 23.2 Å². The number of amides is 1. The lowest BCUT2D eigenvalue weighted by atomic mass is 9.85. The highest BCUT2D eigenvalue weighted by Gasteiger charge is 2.49. The highest BCUT2D eigenvalue weighted by atomic mass is 19.4. The summed E-state index contributed by atoms with van der Waals surface area (Å²) in [6.07, 6.45) is -3.14. The summed E-state index contributed by atoms with van der Waals surface area (Å²) in [4.78, 5) is 44.2. The molecule has 1 aromatic carbocycles. The lowest BCUT2D eigenvalue weighted by Crippen LogP contribution is -2.38. The summed E-state index contributed by atoms with van der Waals surface area (Å²) in [6, 6.07) is 18.2. The van der Waals surface area contributed by atoms with E-state index in [0.717, 1.165) is 43.9 Å². The first-order valence-electron chi connectivity index (χ1n) is 12.6. The van der Waals surface area contributed by atoms with E-state index in [1.807, 2.05) is 59.8 Å². The van der Waals surface area contributed by atoms with Gasteiger partial charge in [0.25, 0.3) is 0 Å². The van der Waals surface area contributed by atoms with E-state index < -0.39 is 24.3 Å². The minimum atomic E-state index is -5.08. The molecule has 43 heavy (non-hydrogen) atoms. The van der Waals surface area contributed by atoms with Crippen molar-refractivity contribution >= 4 is 23.5 Å². The third-order valence-electron chi connectivity index (χ3n) is 6.61. The Morgan fingerprint density at radius 1 is 0.814 bits per heavy atom. The molecule has 1 amide bonds. The van der Waals surface area contributed by atoms with Crippen LogP contribution in [0.3, 0.4) is 0 Å². The molecule has 2 aliphatic rings. The summed E-state index contributed by atoms with van der Waals surface area (Å²) >= 11 is 0. The summed E-state index contributed by atoms with van der Waals surface area (Å²) in [5.74, 6) is -5.31. The molecule has 1 atom stereocenters. The van der Waals surface area contributed by atoms with Gasteiger partial charge in [0.05, 0.1) is 23.2 Å². The lowest BCUT2D eigenvalue weighted by Gasteiger charge is -2.26. The second kappa shape index (κ2) is 13.5. The number of halogens is 6. The van der Waals surface area contributed by atoms with Gasteiger partial charge in [-0.1, -0.05) is 36.4 Å². The maximum Gasteiger partial charge on any atom is 0.490 e. The Morgan fingerprint density at radius 3 is 1.95 bits per heavy atom. The van der Waals surface area contributed by atoms with E-state index in [9.17, 15) is 31.1 Å². The van der Waals surface area contributed by atoms with Crippen molar-refractivity contribution in [2.75, 3.05) is 24.5 Å². The van der Waals surface area contributed by atoms with E-state index in [0.29, 0.717) is 6.42 Å². The number of carbonyl (C=O) groups excluding carboxylic acids is 1. The van der Waals surface area contributed by atoms with E-state index in [2.05, 4.69) is 22.0 Å². The molecular formula is C28H26F6N4O5. The van der Waals surface area contributed by atoms with Crippen LogP contribution in [0.2, 0.25) is 0 Å². The largest absolute Gasteiger partial charge is 0.490 e. The van der Waals surface area contributed by atoms with Crippen molar-refractivity contribution in [1.29, 1.82) is 0 Å². The second-order valence-corrected chi connectivity index (χ2v) is 9.70. The Bertz CT molecular complexity index is 1380. The number of aliphatic carboxylic acids is 2. The molecule has 2 aliphatic heterocycles. The van der Waals surface area contributed by atoms with E-state index in [-0.39, 0.29) is 11.3 Å². The van der Waals surface area contributed by atoms with Gasteiger partial charge in [-0.05, 0) is 35.7 Å². The number of alkyl halides is 6. The van der Waals surface area contributed by atoms with Crippen molar-refractivity contribution in [2.45, 2.75) is 37.2 Å². The summed E-state index contributed by atoms with van der Waals surface area (Å²) in [7, 11) is 0. The molecular weight excluding hydrogens is 586 g/mol. The van der Waals surface area contributed by atoms with Gasteiger partial charge in [0, 0.05) is 44.8 Å². The Kier molecular flexibility index (Phi) is 10.3. The van der Waals surface area contributed by atoms with E-state index in [1.165, 1.54) is 11.3 Å². The Balaban J connectivity index is 0.000000303. The zero-order chi connectivity index (χ0) is 31.8. The Hall–Kier alpha value is -4.69. The number of carboxylic acids is 2. The maximum atomic E-state index is 12.9. The molecule has 1 unspecified atom stereocenters. The van der Waals surface area contributed by atoms with Crippen LogP contribution >= 0.6 is 0 Å². The third-order valence-corrected chi connectivity index (χ3v) is 6.61. The highest BCUT2D eigenvalue weighted by Crippen LogP contribution is 2.45. The molecule has 0 bridgehead atoms. The molecule has 3 aromatic rings. The molecule has 4 heterocycles. The first kappa shape index (κ1) is 32.8. The number of carbonyl (C=O) groups is 3.